The van der Waals surface area contributed by atoms with Crippen LogP contribution < -0.4 is 0 Å². The van der Waals surface area contributed by atoms with Crippen molar-refractivity contribution in [2.75, 3.05) is 0 Å². The molecule has 0 bridgehead atoms. The number of hydrogen-bond acceptors (Lipinski definition) is 4. The third kappa shape index (κ3) is 4.77. The van der Waals surface area contributed by atoms with Gasteiger partial charge in [0.05, 0.1) is 46.0 Å². The van der Waals surface area contributed by atoms with Crippen molar-refractivity contribution in [3.05, 3.63) is 147 Å². The molecular weight excluding hydrogens is 630 g/mol. The first kappa shape index (κ1) is 30.1. The molecule has 230 valence electrons. The molecule has 0 saturated carbocycles. The van der Waals surface area contributed by atoms with Crippen molar-refractivity contribution in [3.8, 4) is 50.8 Å². The van der Waals surface area contributed by atoms with Crippen LogP contribution in [0.4, 0.5) is 26.3 Å². The van der Waals surface area contributed by atoms with E-state index >= 15 is 0 Å². The molecule has 2 aliphatic carbocycles. The molecule has 1 aromatic heterocycles. The summed E-state index contributed by atoms with van der Waals surface area (Å²) < 4.78 is 78.8. The number of fused-ring (bicyclic) bond motifs is 6. The number of allylic oxidation sites excluding steroid dienone is 1. The van der Waals surface area contributed by atoms with Crippen molar-refractivity contribution in [2.24, 2.45) is 5.10 Å². The van der Waals surface area contributed by atoms with E-state index in [1.54, 1.807) is 36.4 Å². The van der Waals surface area contributed by atoms with Gasteiger partial charge in [-0.1, -0.05) is 48.5 Å². The second-order valence-electron chi connectivity index (χ2n) is 10.8. The van der Waals surface area contributed by atoms with Crippen LogP contribution in [-0.2, 0) is 12.4 Å². The standard InChI is InChI=1S/C36H14F6N6/c1-44-28(17-43)29-26-15-20(18-3-9-22(10-4-18)35(37,38)39)7-13-24(26)30-33(29)46-31-25-14-8-21(16-27(25)32(48-45-2)34(31)47-30)19-5-11-23(12-6-19)36(40,41)42/h3-16H/b29-28-,48-32+. The lowest BCUT2D eigenvalue weighted by Gasteiger charge is -2.09. The van der Waals surface area contributed by atoms with E-state index in [0.717, 1.165) is 24.3 Å². The molecule has 0 aliphatic heterocycles. The SMILES string of the molecule is [C-]#[N+]/N=C1\c2cc(-c3ccc(C(F)(F)F)cc3)ccc2-c2nc3c(nc21)-c1ccc(-c2ccc(C(F)(F)F)cc2)cc1/C3=C(\C#N)[N+]#[C-]. The van der Waals surface area contributed by atoms with Gasteiger partial charge in [-0.15, -0.1) is 4.95 Å². The molecule has 0 N–H and O–H groups in total. The molecule has 2 aliphatic rings. The predicted molar refractivity (Wildman–Crippen MR) is 164 cm³/mol. The van der Waals surface area contributed by atoms with Crippen molar-refractivity contribution in [3.63, 3.8) is 0 Å². The number of halogens is 6. The largest absolute Gasteiger partial charge is 0.416 e. The summed E-state index contributed by atoms with van der Waals surface area (Å²) in [4.78, 5) is 16.3. The van der Waals surface area contributed by atoms with Gasteiger partial charge in [-0.05, 0) is 64.2 Å². The van der Waals surface area contributed by atoms with Gasteiger partial charge in [0.2, 0.25) is 0 Å². The van der Waals surface area contributed by atoms with Crippen molar-refractivity contribution >= 4 is 11.3 Å². The zero-order valence-electron chi connectivity index (χ0n) is 24.0. The molecule has 12 heteroatoms. The molecule has 0 amide bonds. The minimum Gasteiger partial charge on any atom is -0.244 e. The normalized spacial score (nSPS) is 14.7. The number of rotatable bonds is 2. The molecule has 5 aromatic rings. The van der Waals surface area contributed by atoms with Gasteiger partial charge in [0.25, 0.3) is 5.70 Å². The highest BCUT2D eigenvalue weighted by molar-refractivity contribution is 6.24. The quantitative estimate of drug-likeness (QED) is 0.0815. The summed E-state index contributed by atoms with van der Waals surface area (Å²) in [5.41, 5.74) is 3.81. The van der Waals surface area contributed by atoms with E-state index < -0.39 is 23.5 Å². The molecule has 6 nitrogen and oxygen atoms in total. The van der Waals surface area contributed by atoms with Gasteiger partial charge < -0.3 is 0 Å². The van der Waals surface area contributed by atoms with Crippen LogP contribution in [0, 0.1) is 24.5 Å². The summed E-state index contributed by atoms with van der Waals surface area (Å²) in [5.74, 6) is 0. The van der Waals surface area contributed by atoms with Crippen LogP contribution in [0.3, 0.4) is 0 Å². The third-order valence-electron chi connectivity index (χ3n) is 8.13. The molecule has 0 radical (unpaired) electrons. The van der Waals surface area contributed by atoms with E-state index in [-0.39, 0.29) is 28.4 Å². The topological polar surface area (TPSA) is 70.6 Å². The lowest BCUT2D eigenvalue weighted by Crippen LogP contribution is -2.04. The van der Waals surface area contributed by atoms with Gasteiger partial charge in [0, 0.05) is 22.3 Å². The Morgan fingerprint density at radius 2 is 1.06 bits per heavy atom. The van der Waals surface area contributed by atoms with Gasteiger partial charge >= 0.3 is 12.4 Å². The summed E-state index contributed by atoms with van der Waals surface area (Å²) >= 11 is 0. The maximum atomic E-state index is 13.1. The van der Waals surface area contributed by atoms with E-state index in [0.29, 0.717) is 55.9 Å². The monoisotopic (exact) mass is 644 g/mol. The summed E-state index contributed by atoms with van der Waals surface area (Å²) in [5, 5.41) is 13.9. The Balaban J connectivity index is 1.36. The van der Waals surface area contributed by atoms with Crippen molar-refractivity contribution in [1.29, 1.82) is 5.26 Å². The van der Waals surface area contributed by atoms with Crippen LogP contribution in [0.1, 0.15) is 33.6 Å². The highest BCUT2D eigenvalue weighted by Gasteiger charge is 2.37. The Morgan fingerprint density at radius 1 is 0.604 bits per heavy atom. The van der Waals surface area contributed by atoms with Crippen molar-refractivity contribution < 1.29 is 26.3 Å². The van der Waals surface area contributed by atoms with Crippen molar-refractivity contribution in [2.45, 2.75) is 12.4 Å². The van der Waals surface area contributed by atoms with Crippen molar-refractivity contribution in [1.82, 2.24) is 9.97 Å². The van der Waals surface area contributed by atoms with Crippen LogP contribution in [0.2, 0.25) is 0 Å². The average Bonchev–Trinajstić information content (AvgIpc) is 3.55. The fraction of sp³-hybridized carbons (Fsp3) is 0.0556. The van der Waals surface area contributed by atoms with Gasteiger partial charge in [-0.2, -0.15) is 32.9 Å². The zero-order valence-corrected chi connectivity index (χ0v) is 24.0. The van der Waals surface area contributed by atoms with Crippen LogP contribution in [0.25, 0.3) is 60.1 Å². The number of alkyl halides is 6. The molecule has 0 fully saturated rings. The first-order valence-electron chi connectivity index (χ1n) is 14.0. The maximum Gasteiger partial charge on any atom is 0.416 e. The van der Waals surface area contributed by atoms with Gasteiger partial charge in [-0.25, -0.2) is 20.1 Å². The highest BCUT2D eigenvalue weighted by Crippen LogP contribution is 2.48. The Kier molecular flexibility index (Phi) is 6.74. The van der Waals surface area contributed by atoms with E-state index in [1.807, 2.05) is 6.07 Å². The predicted octanol–water partition coefficient (Wildman–Crippen LogP) is 9.68. The van der Waals surface area contributed by atoms with Crippen LogP contribution in [0.15, 0.2) is 95.7 Å². The lowest BCUT2D eigenvalue weighted by atomic mass is 9.97. The number of hydrogen-bond donors (Lipinski definition) is 0. The van der Waals surface area contributed by atoms with E-state index in [9.17, 15) is 31.6 Å². The van der Waals surface area contributed by atoms with Gasteiger partial charge in [-0.3, -0.25) is 0 Å². The molecule has 4 aromatic carbocycles. The summed E-state index contributed by atoms with van der Waals surface area (Å²) in [7, 11) is 0. The Morgan fingerprint density at radius 3 is 1.54 bits per heavy atom. The molecule has 48 heavy (non-hydrogen) atoms. The minimum atomic E-state index is -4.50. The molecule has 0 atom stereocenters. The van der Waals surface area contributed by atoms with E-state index in [1.165, 1.54) is 24.3 Å². The highest BCUT2D eigenvalue weighted by atomic mass is 19.4. The Labute approximate surface area is 268 Å². The van der Waals surface area contributed by atoms with E-state index in [2.05, 4.69) is 14.9 Å². The average molecular weight is 645 g/mol. The van der Waals surface area contributed by atoms with Crippen LogP contribution >= 0.6 is 0 Å². The number of nitriles is 1. The summed E-state index contributed by atoms with van der Waals surface area (Å²) in [6.07, 6.45) is -8.99. The van der Waals surface area contributed by atoms with Gasteiger partial charge in [0.1, 0.15) is 5.69 Å². The summed E-state index contributed by atoms with van der Waals surface area (Å²) in [6.45, 7) is 15.1. The first-order chi connectivity index (χ1) is 22.9. The third-order valence-corrected chi connectivity index (χ3v) is 8.13. The second kappa shape index (κ2) is 10.8. The Bertz CT molecular complexity index is 2370. The zero-order chi connectivity index (χ0) is 34.0. The lowest BCUT2D eigenvalue weighted by molar-refractivity contribution is -0.138. The fourth-order valence-corrected chi connectivity index (χ4v) is 5.90. The molecule has 1 heterocycles. The summed E-state index contributed by atoms with van der Waals surface area (Å²) in [6, 6.07) is 21.3. The number of nitrogens with zero attached hydrogens (tertiary/aromatic N) is 6. The number of aromatic nitrogens is 2. The minimum absolute atomic E-state index is 0.199. The number of benzene rings is 4. The second-order valence-corrected chi connectivity index (χ2v) is 10.8. The molecule has 0 unspecified atom stereocenters. The first-order valence-corrected chi connectivity index (χ1v) is 14.0. The smallest absolute Gasteiger partial charge is 0.244 e. The molecular formula is C36H14F6N6. The van der Waals surface area contributed by atoms with Crippen LogP contribution in [-0.4, -0.2) is 15.7 Å². The molecule has 0 spiro atoms. The van der Waals surface area contributed by atoms with Crippen LogP contribution in [0.5, 0.6) is 0 Å². The maximum absolute atomic E-state index is 13.1. The fourth-order valence-electron chi connectivity index (χ4n) is 5.90. The molecule has 0 saturated heterocycles. The Hall–Kier alpha value is -6.58. The van der Waals surface area contributed by atoms with Gasteiger partial charge in [0.15, 0.2) is 5.71 Å². The molecule has 7 rings (SSSR count). The van der Waals surface area contributed by atoms with E-state index in [4.69, 9.17) is 23.1 Å².